The second kappa shape index (κ2) is 7.74. The molecule has 0 amide bonds. The maximum atomic E-state index is 14.5. The van der Waals surface area contributed by atoms with Crippen molar-refractivity contribution in [2.24, 2.45) is 0 Å². The molecule has 1 heterocycles. The molecule has 1 atom stereocenters. The fraction of sp³-hybridized carbons (Fsp3) is 0.400. The number of fused-ring (bicyclic) bond motifs is 1. The molecule has 1 aliphatic rings. The van der Waals surface area contributed by atoms with Crippen molar-refractivity contribution in [2.75, 3.05) is 26.9 Å². The maximum absolute atomic E-state index is 14.5. The molecule has 0 aromatic heterocycles. The molecular formula is C20H24FNO3. The van der Waals surface area contributed by atoms with Gasteiger partial charge < -0.3 is 19.5 Å². The van der Waals surface area contributed by atoms with Crippen molar-refractivity contribution in [3.05, 3.63) is 52.8 Å². The number of hydrogen-bond acceptors (Lipinski definition) is 4. The van der Waals surface area contributed by atoms with E-state index in [1.54, 1.807) is 19.2 Å². The number of rotatable bonds is 6. The molecule has 0 saturated heterocycles. The summed E-state index contributed by atoms with van der Waals surface area (Å²) in [6.07, 6.45) is 0.865. The molecule has 2 aromatic rings. The van der Waals surface area contributed by atoms with Gasteiger partial charge in [-0.25, -0.2) is 4.39 Å². The molecule has 5 heteroatoms. The van der Waals surface area contributed by atoms with Crippen molar-refractivity contribution in [1.82, 2.24) is 5.32 Å². The van der Waals surface area contributed by atoms with Crippen molar-refractivity contribution < 1.29 is 18.6 Å². The van der Waals surface area contributed by atoms with Crippen molar-refractivity contribution >= 4 is 0 Å². The first-order valence-electron chi connectivity index (χ1n) is 8.67. The Bertz CT molecular complexity index is 748. The quantitative estimate of drug-likeness (QED) is 0.863. The van der Waals surface area contributed by atoms with Crippen LogP contribution in [-0.2, 0) is 6.42 Å². The molecule has 1 aliphatic heterocycles. The van der Waals surface area contributed by atoms with Gasteiger partial charge in [-0.3, -0.25) is 0 Å². The summed E-state index contributed by atoms with van der Waals surface area (Å²) in [6.45, 7) is 5.78. The molecule has 1 unspecified atom stereocenters. The monoisotopic (exact) mass is 345 g/mol. The predicted molar refractivity (Wildman–Crippen MR) is 95.3 cm³/mol. The van der Waals surface area contributed by atoms with Crippen LogP contribution in [0.25, 0.3) is 0 Å². The van der Waals surface area contributed by atoms with E-state index in [-0.39, 0.29) is 11.9 Å². The first-order valence-corrected chi connectivity index (χ1v) is 8.67. The van der Waals surface area contributed by atoms with Crippen molar-refractivity contribution in [3.8, 4) is 17.2 Å². The van der Waals surface area contributed by atoms with Crippen LogP contribution in [0.2, 0.25) is 0 Å². The number of ether oxygens (including phenoxy) is 3. The predicted octanol–water partition coefficient (Wildman–Crippen LogP) is 3.87. The molecule has 0 saturated carbocycles. The molecule has 1 N–H and O–H groups in total. The minimum absolute atomic E-state index is 0.242. The Hall–Kier alpha value is -2.27. The zero-order chi connectivity index (χ0) is 17.8. The minimum Gasteiger partial charge on any atom is -0.497 e. The SMILES string of the molecule is CCOc1cc2c(cc1OCC)C(c1cc(OC)ccc1F)NCC2. The second-order valence-corrected chi connectivity index (χ2v) is 5.89. The third kappa shape index (κ3) is 3.56. The van der Waals surface area contributed by atoms with Gasteiger partial charge in [-0.15, -0.1) is 0 Å². The lowest BCUT2D eigenvalue weighted by Gasteiger charge is -2.29. The molecule has 0 spiro atoms. The average Bonchev–Trinajstić information content (AvgIpc) is 2.63. The molecule has 0 bridgehead atoms. The van der Waals surface area contributed by atoms with Crippen molar-refractivity contribution in [1.29, 1.82) is 0 Å². The van der Waals surface area contributed by atoms with E-state index in [4.69, 9.17) is 14.2 Å². The summed E-state index contributed by atoms with van der Waals surface area (Å²) in [6, 6.07) is 8.58. The van der Waals surface area contributed by atoms with Gasteiger partial charge in [-0.2, -0.15) is 0 Å². The molecule has 0 aliphatic carbocycles. The average molecular weight is 345 g/mol. The zero-order valence-electron chi connectivity index (χ0n) is 14.9. The van der Waals surface area contributed by atoms with Crippen LogP contribution in [0.1, 0.15) is 36.6 Å². The van der Waals surface area contributed by atoms with Gasteiger partial charge in [0, 0.05) is 12.1 Å². The van der Waals surface area contributed by atoms with Crippen LogP contribution < -0.4 is 19.5 Å². The van der Waals surface area contributed by atoms with Gasteiger partial charge in [0.1, 0.15) is 11.6 Å². The Kier molecular flexibility index (Phi) is 5.43. The number of benzene rings is 2. The van der Waals surface area contributed by atoms with Crippen LogP contribution in [0, 0.1) is 5.82 Å². The smallest absolute Gasteiger partial charge is 0.161 e. The Labute approximate surface area is 147 Å². The highest BCUT2D eigenvalue weighted by Gasteiger charge is 2.26. The van der Waals surface area contributed by atoms with Gasteiger partial charge in [0.2, 0.25) is 0 Å². The van der Waals surface area contributed by atoms with E-state index < -0.39 is 0 Å². The Balaban J connectivity index is 2.08. The highest BCUT2D eigenvalue weighted by molar-refractivity contribution is 5.52. The summed E-state index contributed by atoms with van der Waals surface area (Å²) in [5.41, 5.74) is 2.75. The molecule has 25 heavy (non-hydrogen) atoms. The van der Waals surface area contributed by atoms with Gasteiger partial charge >= 0.3 is 0 Å². The van der Waals surface area contributed by atoms with Crippen LogP contribution in [0.5, 0.6) is 17.2 Å². The van der Waals surface area contributed by atoms with Gasteiger partial charge in [-0.05, 0) is 61.7 Å². The summed E-state index contributed by atoms with van der Waals surface area (Å²) in [4.78, 5) is 0. The molecule has 134 valence electrons. The normalized spacial score (nSPS) is 16.2. The molecule has 4 nitrogen and oxygen atoms in total. The van der Waals surface area contributed by atoms with E-state index in [1.165, 1.54) is 6.07 Å². The Morgan fingerprint density at radius 1 is 1.04 bits per heavy atom. The summed E-state index contributed by atoms with van der Waals surface area (Å²) < 4.78 is 31.2. The maximum Gasteiger partial charge on any atom is 0.161 e. The highest BCUT2D eigenvalue weighted by atomic mass is 19.1. The molecule has 3 rings (SSSR count). The number of nitrogens with one attached hydrogen (secondary N) is 1. The van der Waals surface area contributed by atoms with Crippen LogP contribution in [0.3, 0.4) is 0 Å². The van der Waals surface area contributed by atoms with Gasteiger partial charge in [0.05, 0.1) is 26.4 Å². The second-order valence-electron chi connectivity index (χ2n) is 5.89. The van der Waals surface area contributed by atoms with Crippen LogP contribution in [0.4, 0.5) is 4.39 Å². The molecule has 0 fully saturated rings. The summed E-state index contributed by atoms with van der Waals surface area (Å²) in [7, 11) is 1.58. The molecular weight excluding hydrogens is 321 g/mol. The minimum atomic E-state index is -0.252. The van der Waals surface area contributed by atoms with E-state index in [0.29, 0.717) is 30.3 Å². The first-order chi connectivity index (χ1) is 12.2. The van der Waals surface area contributed by atoms with E-state index in [0.717, 1.165) is 29.8 Å². The number of hydrogen-bond donors (Lipinski definition) is 1. The van der Waals surface area contributed by atoms with E-state index >= 15 is 0 Å². The van der Waals surface area contributed by atoms with Gasteiger partial charge in [0.15, 0.2) is 11.5 Å². The Morgan fingerprint density at radius 2 is 1.76 bits per heavy atom. The van der Waals surface area contributed by atoms with Crippen LogP contribution in [0.15, 0.2) is 30.3 Å². The van der Waals surface area contributed by atoms with E-state index in [2.05, 4.69) is 5.32 Å². The largest absolute Gasteiger partial charge is 0.497 e. The highest BCUT2D eigenvalue weighted by Crippen LogP contribution is 2.39. The topological polar surface area (TPSA) is 39.7 Å². The third-order valence-electron chi connectivity index (χ3n) is 4.37. The lowest BCUT2D eigenvalue weighted by Crippen LogP contribution is -2.31. The third-order valence-corrected chi connectivity index (χ3v) is 4.37. The van der Waals surface area contributed by atoms with E-state index in [1.807, 2.05) is 26.0 Å². The van der Waals surface area contributed by atoms with Crippen LogP contribution in [-0.4, -0.2) is 26.9 Å². The summed E-state index contributed by atoms with van der Waals surface area (Å²) >= 11 is 0. The first kappa shape index (κ1) is 17.5. The zero-order valence-corrected chi connectivity index (χ0v) is 14.9. The van der Waals surface area contributed by atoms with Crippen molar-refractivity contribution in [2.45, 2.75) is 26.3 Å². The fourth-order valence-corrected chi connectivity index (χ4v) is 3.25. The van der Waals surface area contributed by atoms with E-state index in [9.17, 15) is 4.39 Å². The number of halogens is 1. The van der Waals surface area contributed by atoms with Crippen molar-refractivity contribution in [3.63, 3.8) is 0 Å². The molecule has 2 aromatic carbocycles. The van der Waals surface area contributed by atoms with Crippen LogP contribution >= 0.6 is 0 Å². The Morgan fingerprint density at radius 3 is 2.44 bits per heavy atom. The standard InChI is InChI=1S/C20H24FNO3/c1-4-24-18-10-13-8-9-22-20(15(13)12-19(18)25-5-2)16-11-14(23-3)6-7-17(16)21/h6-7,10-12,20,22H,4-5,8-9H2,1-3H3. The fourth-order valence-electron chi connectivity index (χ4n) is 3.25. The van der Waals surface area contributed by atoms with Gasteiger partial charge in [0.25, 0.3) is 0 Å². The summed E-state index contributed by atoms with van der Waals surface area (Å²) in [5.74, 6) is 1.83. The van der Waals surface area contributed by atoms with Gasteiger partial charge in [-0.1, -0.05) is 0 Å². The molecule has 0 radical (unpaired) electrons. The lowest BCUT2D eigenvalue weighted by molar-refractivity contribution is 0.286. The summed E-state index contributed by atoms with van der Waals surface area (Å²) in [5, 5.41) is 3.41. The number of methoxy groups -OCH3 is 1. The lowest BCUT2D eigenvalue weighted by atomic mass is 9.89.